The second-order valence-electron chi connectivity index (χ2n) is 5.69. The van der Waals surface area contributed by atoms with Gasteiger partial charge in [-0.3, -0.25) is 0 Å². The number of hydrogen-bond donors (Lipinski definition) is 1. The first kappa shape index (κ1) is 9.95. The van der Waals surface area contributed by atoms with Crippen LogP contribution in [0, 0.1) is 11.8 Å². The first-order chi connectivity index (χ1) is 8.43. The van der Waals surface area contributed by atoms with Crippen LogP contribution < -0.4 is 5.32 Å². The lowest BCUT2D eigenvalue weighted by Crippen LogP contribution is -2.42. The fraction of sp³-hybridized carbons (Fsp3) is 0.600. The van der Waals surface area contributed by atoms with Gasteiger partial charge in [0, 0.05) is 29.8 Å². The van der Waals surface area contributed by atoms with E-state index in [9.17, 15) is 0 Å². The fourth-order valence-corrected chi connectivity index (χ4v) is 3.58. The number of fused-ring (bicyclic) bond motifs is 3. The van der Waals surface area contributed by atoms with Crippen LogP contribution in [0.5, 0.6) is 0 Å². The molecule has 0 radical (unpaired) electrons. The van der Waals surface area contributed by atoms with E-state index in [1.807, 2.05) is 0 Å². The number of rotatable bonds is 1. The van der Waals surface area contributed by atoms with Gasteiger partial charge in [0.25, 0.3) is 0 Å². The highest BCUT2D eigenvalue weighted by Gasteiger charge is 2.45. The average Bonchev–Trinajstić information content (AvgIpc) is 3.22. The molecule has 2 aliphatic heterocycles. The van der Waals surface area contributed by atoms with Crippen molar-refractivity contribution in [1.82, 2.24) is 0 Å². The molecule has 90 valence electrons. The molecule has 1 aromatic rings. The van der Waals surface area contributed by atoms with Gasteiger partial charge in [0.15, 0.2) is 0 Å². The first-order valence-corrected chi connectivity index (χ1v) is 6.90. The van der Waals surface area contributed by atoms with Gasteiger partial charge in [0.05, 0.1) is 6.10 Å². The summed E-state index contributed by atoms with van der Waals surface area (Å²) in [5.74, 6) is 1.60. The SMILES string of the molecule is c1ccc2c(c1)N[C@H](C1CC1)[C@@H]1CCCO[C@H]21. The molecule has 0 spiro atoms. The van der Waals surface area contributed by atoms with Crippen LogP contribution >= 0.6 is 0 Å². The van der Waals surface area contributed by atoms with E-state index in [0.717, 1.165) is 12.5 Å². The second-order valence-corrected chi connectivity index (χ2v) is 5.69. The predicted octanol–water partition coefficient (Wildman–Crippen LogP) is 3.36. The van der Waals surface area contributed by atoms with Crippen molar-refractivity contribution < 1.29 is 4.74 Å². The van der Waals surface area contributed by atoms with Crippen LogP contribution in [0.1, 0.15) is 37.4 Å². The molecule has 1 N–H and O–H groups in total. The lowest BCUT2D eigenvalue weighted by atomic mass is 9.78. The van der Waals surface area contributed by atoms with Crippen molar-refractivity contribution in [3.05, 3.63) is 29.8 Å². The van der Waals surface area contributed by atoms with E-state index in [1.165, 1.54) is 36.9 Å². The number of para-hydroxylation sites is 1. The van der Waals surface area contributed by atoms with E-state index in [2.05, 4.69) is 29.6 Å². The Hall–Kier alpha value is -1.02. The molecule has 2 heterocycles. The molecule has 2 heteroatoms. The average molecular weight is 229 g/mol. The molecule has 4 rings (SSSR count). The number of benzene rings is 1. The maximum Gasteiger partial charge on any atom is 0.0892 e. The van der Waals surface area contributed by atoms with E-state index in [0.29, 0.717) is 18.1 Å². The Bertz CT molecular complexity index is 427. The van der Waals surface area contributed by atoms with Crippen LogP contribution in [0.3, 0.4) is 0 Å². The van der Waals surface area contributed by atoms with Crippen LogP contribution in [0.25, 0.3) is 0 Å². The molecule has 2 nitrogen and oxygen atoms in total. The zero-order valence-corrected chi connectivity index (χ0v) is 10.1. The standard InChI is InChI=1S/C15H19NO/c1-2-6-13-11(4-1)15-12(5-3-9-17-15)14(16-13)10-7-8-10/h1-2,4,6,10,12,14-16H,3,5,7-9H2/t12-,14+,15+/m0/s1. The van der Waals surface area contributed by atoms with Gasteiger partial charge in [-0.2, -0.15) is 0 Å². The van der Waals surface area contributed by atoms with Crippen LogP contribution in [0.2, 0.25) is 0 Å². The van der Waals surface area contributed by atoms with Crippen LogP contribution in [0.4, 0.5) is 5.69 Å². The Morgan fingerprint density at radius 3 is 2.88 bits per heavy atom. The van der Waals surface area contributed by atoms with Gasteiger partial charge in [-0.1, -0.05) is 18.2 Å². The highest BCUT2D eigenvalue weighted by atomic mass is 16.5. The summed E-state index contributed by atoms with van der Waals surface area (Å²) in [6.07, 6.45) is 5.72. The quantitative estimate of drug-likeness (QED) is 0.797. The lowest BCUT2D eigenvalue weighted by Gasteiger charge is -2.43. The zero-order valence-electron chi connectivity index (χ0n) is 10.1. The topological polar surface area (TPSA) is 21.3 Å². The molecule has 1 saturated heterocycles. The van der Waals surface area contributed by atoms with Crippen molar-refractivity contribution >= 4 is 5.69 Å². The molecule has 0 aromatic heterocycles. The van der Waals surface area contributed by atoms with Gasteiger partial charge in [-0.15, -0.1) is 0 Å². The van der Waals surface area contributed by atoms with E-state index >= 15 is 0 Å². The summed E-state index contributed by atoms with van der Waals surface area (Å²) >= 11 is 0. The lowest BCUT2D eigenvalue weighted by molar-refractivity contribution is -0.0399. The maximum atomic E-state index is 6.08. The van der Waals surface area contributed by atoms with E-state index in [1.54, 1.807) is 0 Å². The Morgan fingerprint density at radius 2 is 2.00 bits per heavy atom. The minimum absolute atomic E-state index is 0.354. The van der Waals surface area contributed by atoms with Gasteiger partial charge in [-0.25, -0.2) is 0 Å². The molecule has 1 aromatic carbocycles. The Labute approximate surface area is 102 Å². The smallest absolute Gasteiger partial charge is 0.0892 e. The van der Waals surface area contributed by atoms with E-state index in [4.69, 9.17) is 4.74 Å². The van der Waals surface area contributed by atoms with Crippen LogP contribution in [-0.4, -0.2) is 12.6 Å². The van der Waals surface area contributed by atoms with Gasteiger partial charge < -0.3 is 10.1 Å². The highest BCUT2D eigenvalue weighted by molar-refractivity contribution is 5.56. The second kappa shape index (κ2) is 3.74. The predicted molar refractivity (Wildman–Crippen MR) is 68.0 cm³/mol. The molecule has 3 aliphatic rings. The summed E-state index contributed by atoms with van der Waals surface area (Å²) in [6.45, 7) is 0.937. The number of nitrogens with one attached hydrogen (secondary N) is 1. The molecule has 1 saturated carbocycles. The number of ether oxygens (including phenoxy) is 1. The normalized spacial score (nSPS) is 35.6. The first-order valence-electron chi connectivity index (χ1n) is 6.90. The minimum atomic E-state index is 0.354. The van der Waals surface area contributed by atoms with Gasteiger partial charge in [0.1, 0.15) is 0 Å². The van der Waals surface area contributed by atoms with Crippen LogP contribution in [0.15, 0.2) is 24.3 Å². The largest absolute Gasteiger partial charge is 0.381 e. The van der Waals surface area contributed by atoms with Crippen molar-refractivity contribution in [1.29, 1.82) is 0 Å². The van der Waals surface area contributed by atoms with Gasteiger partial charge >= 0.3 is 0 Å². The minimum Gasteiger partial charge on any atom is -0.381 e. The molecule has 17 heavy (non-hydrogen) atoms. The summed E-state index contributed by atoms with van der Waals surface area (Å²) in [5.41, 5.74) is 2.70. The van der Waals surface area contributed by atoms with Gasteiger partial charge in [-0.05, 0) is 37.7 Å². The monoisotopic (exact) mass is 229 g/mol. The highest BCUT2D eigenvalue weighted by Crippen LogP contribution is 2.49. The summed E-state index contributed by atoms with van der Waals surface area (Å²) in [4.78, 5) is 0. The molecule has 0 unspecified atom stereocenters. The molecule has 1 aliphatic carbocycles. The van der Waals surface area contributed by atoms with Crippen molar-refractivity contribution in [2.45, 2.75) is 37.8 Å². The van der Waals surface area contributed by atoms with Crippen LogP contribution in [-0.2, 0) is 4.74 Å². The third-order valence-electron chi connectivity index (χ3n) is 4.55. The summed E-state index contributed by atoms with van der Waals surface area (Å²) < 4.78 is 6.08. The van der Waals surface area contributed by atoms with E-state index < -0.39 is 0 Å². The fourth-order valence-electron chi connectivity index (χ4n) is 3.58. The number of hydrogen-bond acceptors (Lipinski definition) is 2. The maximum absolute atomic E-state index is 6.08. The summed E-state index contributed by atoms with van der Waals surface area (Å²) in [6, 6.07) is 9.36. The van der Waals surface area contributed by atoms with Gasteiger partial charge in [0.2, 0.25) is 0 Å². The molecule has 0 amide bonds. The van der Waals surface area contributed by atoms with Crippen molar-refractivity contribution in [2.24, 2.45) is 11.8 Å². The third kappa shape index (κ3) is 1.58. The molecular formula is C15H19NO. The Balaban J connectivity index is 1.75. The van der Waals surface area contributed by atoms with E-state index in [-0.39, 0.29) is 0 Å². The van der Waals surface area contributed by atoms with Crippen molar-refractivity contribution in [2.75, 3.05) is 11.9 Å². The molecule has 0 bridgehead atoms. The molecule has 2 fully saturated rings. The molecular weight excluding hydrogens is 210 g/mol. The molecule has 3 atom stereocenters. The Kier molecular flexibility index (Phi) is 2.19. The number of anilines is 1. The summed E-state index contributed by atoms with van der Waals surface area (Å²) in [5, 5.41) is 3.78. The third-order valence-corrected chi connectivity index (χ3v) is 4.55. The Morgan fingerprint density at radius 1 is 1.12 bits per heavy atom. The zero-order chi connectivity index (χ0) is 11.2. The van der Waals surface area contributed by atoms with Crippen molar-refractivity contribution in [3.8, 4) is 0 Å². The summed E-state index contributed by atoms with van der Waals surface area (Å²) in [7, 11) is 0. The van der Waals surface area contributed by atoms with Crippen molar-refractivity contribution in [3.63, 3.8) is 0 Å².